The molecule has 0 unspecified atom stereocenters. The largest absolute Gasteiger partial charge is 0.519 e. The Morgan fingerprint density at radius 2 is 1.65 bits per heavy atom. The van der Waals surface area contributed by atoms with Crippen LogP contribution in [0.2, 0.25) is 18.1 Å². The number of rotatable bonds is 4. The molecule has 3 heteroatoms. The summed E-state index contributed by atoms with van der Waals surface area (Å²) in [6, 6.07) is 0. The van der Waals surface area contributed by atoms with Gasteiger partial charge in [0, 0.05) is 0 Å². The van der Waals surface area contributed by atoms with E-state index >= 15 is 0 Å². The monoisotopic (exact) mass is 256 g/mol. The van der Waals surface area contributed by atoms with Crippen molar-refractivity contribution in [2.45, 2.75) is 77.1 Å². The average molecular weight is 256 g/mol. The highest BCUT2D eigenvalue weighted by molar-refractivity contribution is 6.74. The molecule has 0 aromatic rings. The third-order valence-corrected chi connectivity index (χ3v) is 8.38. The molecule has 100 valence electrons. The lowest BCUT2D eigenvalue weighted by Crippen LogP contribution is -2.41. The second-order valence-electron chi connectivity index (χ2n) is 6.61. The molecule has 0 heterocycles. The zero-order chi connectivity index (χ0) is 13.1. The maximum absolute atomic E-state index is 6.03. The van der Waals surface area contributed by atoms with Crippen molar-refractivity contribution in [3.63, 3.8) is 0 Å². The van der Waals surface area contributed by atoms with Crippen molar-refractivity contribution in [3.05, 3.63) is 12.5 Å². The summed E-state index contributed by atoms with van der Waals surface area (Å²) in [5.41, 5.74) is 0. The highest BCUT2D eigenvalue weighted by atomic mass is 28.4. The van der Waals surface area contributed by atoms with E-state index in [1.54, 1.807) is 0 Å². The van der Waals surface area contributed by atoms with Crippen molar-refractivity contribution in [1.29, 1.82) is 0 Å². The summed E-state index contributed by atoms with van der Waals surface area (Å²) in [5.74, 6) is 0.545. The minimum absolute atomic E-state index is 0.200. The van der Waals surface area contributed by atoms with Gasteiger partial charge in [-0.3, -0.25) is 0 Å². The second kappa shape index (κ2) is 5.47. The Bertz CT molecular complexity index is 260. The van der Waals surface area contributed by atoms with Gasteiger partial charge in [0.2, 0.25) is 0 Å². The van der Waals surface area contributed by atoms with Gasteiger partial charge in [-0.25, -0.2) is 0 Å². The quantitative estimate of drug-likeness (QED) is 0.530. The second-order valence-corrected chi connectivity index (χ2v) is 11.3. The molecule has 0 aromatic heterocycles. The van der Waals surface area contributed by atoms with Crippen LogP contribution in [-0.2, 0) is 9.16 Å². The summed E-state index contributed by atoms with van der Waals surface area (Å²) in [4.78, 5) is 0. The molecule has 1 fully saturated rings. The fraction of sp³-hybridized carbons (Fsp3) is 0.857. The predicted octanol–water partition coefficient (Wildman–Crippen LogP) is 4.83. The van der Waals surface area contributed by atoms with E-state index in [1.165, 1.54) is 19.3 Å². The van der Waals surface area contributed by atoms with Gasteiger partial charge in [0.25, 0.3) is 14.3 Å². The van der Waals surface area contributed by atoms with Crippen LogP contribution in [0.3, 0.4) is 0 Å². The van der Waals surface area contributed by atoms with E-state index < -0.39 is 8.32 Å². The first-order chi connectivity index (χ1) is 7.72. The molecule has 1 aliphatic carbocycles. The Kier molecular flexibility index (Phi) is 4.70. The molecule has 0 amide bonds. The lowest BCUT2D eigenvalue weighted by atomic mass is 9.98. The van der Waals surface area contributed by atoms with E-state index in [4.69, 9.17) is 9.16 Å². The molecule has 1 saturated carbocycles. The molecule has 17 heavy (non-hydrogen) atoms. The van der Waals surface area contributed by atoms with Gasteiger partial charge in [-0.15, -0.1) is 0 Å². The van der Waals surface area contributed by atoms with Crippen LogP contribution in [0.1, 0.15) is 52.9 Å². The van der Waals surface area contributed by atoms with E-state index in [0.29, 0.717) is 12.0 Å². The Morgan fingerprint density at radius 3 is 2.12 bits per heavy atom. The van der Waals surface area contributed by atoms with Crippen molar-refractivity contribution in [2.75, 3.05) is 0 Å². The van der Waals surface area contributed by atoms with Gasteiger partial charge >= 0.3 is 0 Å². The molecule has 0 bridgehead atoms. The molecule has 1 rings (SSSR count). The van der Waals surface area contributed by atoms with Gasteiger partial charge in [0.15, 0.2) is 0 Å². The van der Waals surface area contributed by atoms with Crippen LogP contribution in [0.5, 0.6) is 0 Å². The summed E-state index contributed by atoms with van der Waals surface area (Å²) in [7, 11) is -1.78. The van der Waals surface area contributed by atoms with E-state index in [9.17, 15) is 0 Å². The van der Waals surface area contributed by atoms with Crippen LogP contribution in [0, 0.1) is 0 Å². The van der Waals surface area contributed by atoms with Crippen molar-refractivity contribution in [3.8, 4) is 0 Å². The van der Waals surface area contributed by atoms with Crippen molar-refractivity contribution in [2.24, 2.45) is 0 Å². The van der Waals surface area contributed by atoms with Gasteiger partial charge < -0.3 is 9.16 Å². The fourth-order valence-electron chi connectivity index (χ4n) is 1.83. The Hall–Kier alpha value is -0.443. The Balaban J connectivity index is 2.43. The molecule has 0 atom stereocenters. The van der Waals surface area contributed by atoms with Gasteiger partial charge in [-0.05, 0) is 50.4 Å². The molecule has 0 spiro atoms. The zero-order valence-electron chi connectivity index (χ0n) is 12.1. The first-order valence-corrected chi connectivity index (χ1v) is 9.68. The maximum atomic E-state index is 6.03. The summed E-state index contributed by atoms with van der Waals surface area (Å²) < 4.78 is 11.9. The Labute approximate surface area is 108 Å². The summed E-state index contributed by atoms with van der Waals surface area (Å²) in [5, 5.41) is 0.200. The molecule has 0 saturated heterocycles. The summed E-state index contributed by atoms with van der Waals surface area (Å²) in [6.45, 7) is 15.1. The van der Waals surface area contributed by atoms with Gasteiger partial charge in [0.1, 0.15) is 6.10 Å². The van der Waals surface area contributed by atoms with E-state index in [2.05, 4.69) is 40.4 Å². The van der Waals surface area contributed by atoms with Gasteiger partial charge in [-0.2, -0.15) is 0 Å². The maximum Gasteiger partial charge on any atom is 0.257 e. The summed E-state index contributed by atoms with van der Waals surface area (Å²) >= 11 is 0. The Morgan fingerprint density at radius 1 is 1.12 bits per heavy atom. The van der Waals surface area contributed by atoms with Crippen LogP contribution < -0.4 is 0 Å². The molecular formula is C14H28O2Si. The predicted molar refractivity (Wildman–Crippen MR) is 75.4 cm³/mol. The molecule has 0 N–H and O–H groups in total. The molecule has 0 aliphatic heterocycles. The minimum Gasteiger partial charge on any atom is -0.519 e. The van der Waals surface area contributed by atoms with Crippen molar-refractivity contribution < 1.29 is 9.16 Å². The molecular weight excluding hydrogens is 228 g/mol. The highest BCUT2D eigenvalue weighted by Gasteiger charge is 2.39. The highest BCUT2D eigenvalue weighted by Crippen LogP contribution is 2.38. The van der Waals surface area contributed by atoms with Crippen LogP contribution in [0.15, 0.2) is 12.5 Å². The number of hydrogen-bond acceptors (Lipinski definition) is 2. The molecule has 0 radical (unpaired) electrons. The average Bonchev–Trinajstić information content (AvgIpc) is 2.16. The third-order valence-electron chi connectivity index (χ3n) is 4.03. The minimum atomic E-state index is -1.78. The zero-order valence-corrected chi connectivity index (χ0v) is 13.1. The van der Waals surface area contributed by atoms with Gasteiger partial charge in [0.05, 0.1) is 0 Å². The third kappa shape index (κ3) is 4.38. The normalized spacial score (nSPS) is 18.9. The standard InChI is InChI=1S/C14H28O2Si/c1-12(15-13-10-8-7-9-11-13)16-17(5,6)14(2,3)4/h13H,1,7-11H2,2-6H3. The molecule has 0 aromatic carbocycles. The number of hydrogen-bond donors (Lipinski definition) is 0. The smallest absolute Gasteiger partial charge is 0.257 e. The summed E-state index contributed by atoms with van der Waals surface area (Å²) in [6.07, 6.45) is 6.53. The van der Waals surface area contributed by atoms with Crippen LogP contribution in [-0.4, -0.2) is 14.4 Å². The lowest BCUT2D eigenvalue weighted by molar-refractivity contribution is 0.0185. The van der Waals surface area contributed by atoms with E-state index in [-0.39, 0.29) is 5.04 Å². The molecule has 2 nitrogen and oxygen atoms in total. The lowest BCUT2D eigenvalue weighted by Gasteiger charge is -2.37. The van der Waals surface area contributed by atoms with E-state index in [1.807, 2.05) is 0 Å². The first-order valence-electron chi connectivity index (χ1n) is 6.77. The molecule has 1 aliphatic rings. The van der Waals surface area contributed by atoms with Crippen molar-refractivity contribution in [1.82, 2.24) is 0 Å². The first kappa shape index (κ1) is 14.6. The SMILES string of the molecule is C=C(OC1CCCCC1)O[Si](C)(C)C(C)(C)C. The van der Waals surface area contributed by atoms with Crippen LogP contribution in [0.4, 0.5) is 0 Å². The number of ether oxygens (including phenoxy) is 1. The van der Waals surface area contributed by atoms with Crippen molar-refractivity contribution >= 4 is 8.32 Å². The van der Waals surface area contributed by atoms with Crippen LogP contribution >= 0.6 is 0 Å². The van der Waals surface area contributed by atoms with E-state index in [0.717, 1.165) is 12.8 Å². The van der Waals surface area contributed by atoms with Crippen LogP contribution in [0.25, 0.3) is 0 Å². The van der Waals surface area contributed by atoms with Gasteiger partial charge in [-0.1, -0.05) is 27.2 Å². The fourth-order valence-corrected chi connectivity index (χ4v) is 2.75. The topological polar surface area (TPSA) is 18.5 Å².